The second-order valence-electron chi connectivity index (χ2n) is 3.88. The fourth-order valence-corrected chi connectivity index (χ4v) is 2.75. The predicted octanol–water partition coefficient (Wildman–Crippen LogP) is 4.53. The second kappa shape index (κ2) is 4.78. The van der Waals surface area contributed by atoms with Crippen molar-refractivity contribution in [2.45, 2.75) is 9.79 Å². The van der Waals surface area contributed by atoms with E-state index >= 15 is 0 Å². The lowest BCUT2D eigenvalue weighted by atomic mass is 10.2. The minimum Gasteiger partial charge on any atom is -0.256 e. The Kier molecular flexibility index (Phi) is 2.99. The Morgan fingerprint density at radius 2 is 1.72 bits per heavy atom. The Labute approximate surface area is 109 Å². The van der Waals surface area contributed by atoms with E-state index in [1.807, 2.05) is 24.3 Å². The number of aromatic nitrogens is 1. The molecule has 0 atom stereocenters. The summed E-state index contributed by atoms with van der Waals surface area (Å²) in [5.41, 5.74) is 0.976. The maximum atomic E-state index is 12.9. The van der Waals surface area contributed by atoms with Crippen LogP contribution in [-0.2, 0) is 0 Å². The fourth-order valence-electron chi connectivity index (χ4n) is 1.79. The van der Waals surface area contributed by atoms with Crippen LogP contribution in [0.1, 0.15) is 0 Å². The lowest BCUT2D eigenvalue weighted by Crippen LogP contribution is -1.81. The molecule has 0 unspecified atom stereocenters. The van der Waals surface area contributed by atoms with E-state index < -0.39 is 0 Å². The molecule has 0 N–H and O–H groups in total. The summed E-state index contributed by atoms with van der Waals surface area (Å²) in [6.45, 7) is 0. The molecule has 3 rings (SSSR count). The number of benzene rings is 2. The van der Waals surface area contributed by atoms with Gasteiger partial charge in [-0.1, -0.05) is 23.9 Å². The highest BCUT2D eigenvalue weighted by Gasteiger charge is 2.03. The van der Waals surface area contributed by atoms with Gasteiger partial charge in [0.1, 0.15) is 5.82 Å². The predicted molar refractivity (Wildman–Crippen MR) is 72.3 cm³/mol. The van der Waals surface area contributed by atoms with E-state index in [1.165, 1.54) is 12.1 Å². The van der Waals surface area contributed by atoms with Crippen molar-refractivity contribution in [3.8, 4) is 0 Å². The van der Waals surface area contributed by atoms with Crippen LogP contribution in [0.3, 0.4) is 0 Å². The quantitative estimate of drug-likeness (QED) is 0.667. The molecule has 3 aromatic rings. The molecule has 2 aromatic carbocycles. The first-order valence-corrected chi connectivity index (χ1v) is 6.42. The number of hydrogen-bond acceptors (Lipinski definition) is 2. The van der Waals surface area contributed by atoms with Gasteiger partial charge < -0.3 is 0 Å². The molecule has 1 aromatic heterocycles. The number of halogens is 1. The SMILES string of the molecule is Fc1ccc(Sc2cccc3ncccc23)cc1. The largest absolute Gasteiger partial charge is 0.256 e. The van der Waals surface area contributed by atoms with Crippen LogP contribution in [0.15, 0.2) is 70.6 Å². The molecule has 1 heterocycles. The molecule has 88 valence electrons. The van der Waals surface area contributed by atoms with Gasteiger partial charge in [0, 0.05) is 21.4 Å². The first-order valence-electron chi connectivity index (χ1n) is 5.60. The average molecular weight is 255 g/mol. The van der Waals surface area contributed by atoms with Crippen molar-refractivity contribution < 1.29 is 4.39 Å². The highest BCUT2D eigenvalue weighted by atomic mass is 32.2. The van der Waals surface area contributed by atoms with E-state index in [4.69, 9.17) is 0 Å². The molecule has 0 amide bonds. The molecule has 0 radical (unpaired) electrons. The maximum Gasteiger partial charge on any atom is 0.123 e. The molecule has 0 saturated carbocycles. The average Bonchev–Trinajstić information content (AvgIpc) is 2.42. The van der Waals surface area contributed by atoms with Crippen LogP contribution in [0.2, 0.25) is 0 Å². The number of rotatable bonds is 2. The zero-order chi connectivity index (χ0) is 12.4. The summed E-state index contributed by atoms with van der Waals surface area (Å²) in [7, 11) is 0. The number of pyridine rings is 1. The van der Waals surface area contributed by atoms with Gasteiger partial charge in [-0.15, -0.1) is 0 Å². The normalized spacial score (nSPS) is 10.7. The molecular weight excluding hydrogens is 245 g/mol. The van der Waals surface area contributed by atoms with Gasteiger partial charge in [-0.05, 0) is 42.5 Å². The molecule has 0 aliphatic carbocycles. The second-order valence-corrected chi connectivity index (χ2v) is 5.00. The van der Waals surface area contributed by atoms with Crippen molar-refractivity contribution in [2.75, 3.05) is 0 Å². The summed E-state index contributed by atoms with van der Waals surface area (Å²) in [6, 6.07) is 16.5. The molecule has 1 nitrogen and oxygen atoms in total. The van der Waals surface area contributed by atoms with E-state index in [2.05, 4.69) is 11.1 Å². The summed E-state index contributed by atoms with van der Waals surface area (Å²) in [5, 5.41) is 1.12. The molecule has 0 aliphatic heterocycles. The summed E-state index contributed by atoms with van der Waals surface area (Å²) < 4.78 is 12.9. The van der Waals surface area contributed by atoms with Crippen molar-refractivity contribution in [3.05, 3.63) is 66.6 Å². The number of fused-ring (bicyclic) bond motifs is 1. The molecule has 0 aliphatic rings. The van der Waals surface area contributed by atoms with Crippen LogP contribution >= 0.6 is 11.8 Å². The van der Waals surface area contributed by atoms with Gasteiger partial charge in [0.25, 0.3) is 0 Å². The van der Waals surface area contributed by atoms with E-state index in [9.17, 15) is 4.39 Å². The Balaban J connectivity index is 2.02. The van der Waals surface area contributed by atoms with E-state index in [0.717, 1.165) is 20.7 Å². The van der Waals surface area contributed by atoms with Gasteiger partial charge in [-0.2, -0.15) is 0 Å². The zero-order valence-electron chi connectivity index (χ0n) is 9.51. The van der Waals surface area contributed by atoms with Gasteiger partial charge in [0.05, 0.1) is 5.52 Å². The van der Waals surface area contributed by atoms with E-state index in [-0.39, 0.29) is 5.82 Å². The van der Waals surface area contributed by atoms with Crippen molar-refractivity contribution in [2.24, 2.45) is 0 Å². The first kappa shape index (κ1) is 11.2. The summed E-state index contributed by atoms with van der Waals surface area (Å²) in [6.07, 6.45) is 1.79. The molecule has 18 heavy (non-hydrogen) atoms. The number of nitrogens with zero attached hydrogens (tertiary/aromatic N) is 1. The van der Waals surface area contributed by atoms with Crippen LogP contribution in [0.4, 0.5) is 4.39 Å². The smallest absolute Gasteiger partial charge is 0.123 e. The molecule has 3 heteroatoms. The van der Waals surface area contributed by atoms with Crippen LogP contribution in [0, 0.1) is 5.82 Å². The van der Waals surface area contributed by atoms with Crippen LogP contribution in [0.5, 0.6) is 0 Å². The Morgan fingerprint density at radius 3 is 2.56 bits per heavy atom. The third kappa shape index (κ3) is 2.22. The van der Waals surface area contributed by atoms with Gasteiger partial charge in [0.2, 0.25) is 0 Å². The van der Waals surface area contributed by atoms with E-state index in [0.29, 0.717) is 0 Å². The third-order valence-electron chi connectivity index (χ3n) is 2.65. The Morgan fingerprint density at radius 1 is 0.889 bits per heavy atom. The monoisotopic (exact) mass is 255 g/mol. The lowest BCUT2D eigenvalue weighted by molar-refractivity contribution is 0.626. The van der Waals surface area contributed by atoms with Gasteiger partial charge >= 0.3 is 0 Å². The zero-order valence-corrected chi connectivity index (χ0v) is 10.3. The first-order chi connectivity index (χ1) is 8.83. The summed E-state index contributed by atoms with van der Waals surface area (Å²) >= 11 is 1.62. The Hall–Kier alpha value is -1.87. The maximum absolute atomic E-state index is 12.9. The molecule has 0 fully saturated rings. The van der Waals surface area contributed by atoms with Gasteiger partial charge in [-0.25, -0.2) is 4.39 Å². The standard InChI is InChI=1S/C15H10FNS/c16-11-6-8-12(9-7-11)18-15-5-1-4-14-13(15)3-2-10-17-14/h1-10H. The van der Waals surface area contributed by atoms with Crippen LogP contribution < -0.4 is 0 Å². The number of hydrogen-bond donors (Lipinski definition) is 0. The summed E-state index contributed by atoms with van der Waals surface area (Å²) in [4.78, 5) is 6.48. The van der Waals surface area contributed by atoms with Crippen molar-refractivity contribution in [3.63, 3.8) is 0 Å². The molecule has 0 saturated heterocycles. The minimum absolute atomic E-state index is 0.209. The van der Waals surface area contributed by atoms with Crippen molar-refractivity contribution in [1.29, 1.82) is 0 Å². The molecule has 0 spiro atoms. The van der Waals surface area contributed by atoms with Gasteiger partial charge in [-0.3, -0.25) is 4.98 Å². The third-order valence-corrected chi connectivity index (χ3v) is 3.73. The van der Waals surface area contributed by atoms with Gasteiger partial charge in [0.15, 0.2) is 0 Å². The fraction of sp³-hybridized carbons (Fsp3) is 0. The highest BCUT2D eigenvalue weighted by molar-refractivity contribution is 7.99. The van der Waals surface area contributed by atoms with Crippen LogP contribution in [-0.4, -0.2) is 4.98 Å². The summed E-state index contributed by atoms with van der Waals surface area (Å²) in [5.74, 6) is -0.209. The lowest BCUT2D eigenvalue weighted by Gasteiger charge is -2.05. The van der Waals surface area contributed by atoms with Crippen LogP contribution in [0.25, 0.3) is 10.9 Å². The topological polar surface area (TPSA) is 12.9 Å². The molecular formula is C15H10FNS. The Bertz CT molecular complexity index is 674. The van der Waals surface area contributed by atoms with Crippen molar-refractivity contribution in [1.82, 2.24) is 4.98 Å². The van der Waals surface area contributed by atoms with Crippen molar-refractivity contribution >= 4 is 22.7 Å². The van der Waals surface area contributed by atoms with E-state index in [1.54, 1.807) is 30.1 Å². The minimum atomic E-state index is -0.209. The molecule has 0 bridgehead atoms. The highest BCUT2D eigenvalue weighted by Crippen LogP contribution is 2.32.